The molecule has 1 aromatic rings. The molecular formula is C11H15O. The zero-order valence-corrected chi connectivity index (χ0v) is 7.40. The third kappa shape index (κ3) is 3.54. The molecular weight excluding hydrogens is 148 g/mol. The Hall–Kier alpha value is -0.820. The summed E-state index contributed by atoms with van der Waals surface area (Å²) in [6.45, 7) is 1.78. The maximum atomic E-state index is 8.97. The maximum absolute atomic E-state index is 8.97. The van der Waals surface area contributed by atoms with Crippen molar-refractivity contribution >= 4 is 0 Å². The largest absolute Gasteiger partial charge is 0.393 e. The first-order chi connectivity index (χ1) is 5.79. The van der Waals surface area contributed by atoms with Gasteiger partial charge in [-0.2, -0.15) is 0 Å². The molecule has 1 unspecified atom stereocenters. The molecule has 0 bridgehead atoms. The van der Waals surface area contributed by atoms with Gasteiger partial charge in [-0.15, -0.1) is 0 Å². The van der Waals surface area contributed by atoms with E-state index in [2.05, 4.69) is 12.1 Å². The second-order valence-corrected chi connectivity index (χ2v) is 3.00. The molecule has 0 aliphatic heterocycles. The minimum absolute atomic E-state index is 0.284. The third-order valence-electron chi connectivity index (χ3n) is 1.78. The Bertz CT molecular complexity index is 204. The molecule has 0 saturated carbocycles. The summed E-state index contributed by atoms with van der Waals surface area (Å²) < 4.78 is 0. The number of aliphatic hydroxyl groups excluding tert-OH is 1. The molecule has 1 radical (unpaired) electrons. The maximum Gasteiger partial charge on any atom is 0.0544 e. The first kappa shape index (κ1) is 9.27. The monoisotopic (exact) mass is 163 g/mol. The Morgan fingerprint density at radius 3 is 2.58 bits per heavy atom. The van der Waals surface area contributed by atoms with Crippen LogP contribution in [0.5, 0.6) is 0 Å². The molecule has 1 N–H and O–H groups in total. The standard InChI is InChI=1S/C11H15O/c1-10(12)6-5-9-11-7-3-2-4-8-11/h2-4,6-8,10,12H,5,9H2,1H3. The number of hydrogen-bond donors (Lipinski definition) is 1. The summed E-state index contributed by atoms with van der Waals surface area (Å²) in [6, 6.07) is 10.3. The van der Waals surface area contributed by atoms with Gasteiger partial charge >= 0.3 is 0 Å². The van der Waals surface area contributed by atoms with Crippen molar-refractivity contribution in [1.82, 2.24) is 0 Å². The van der Waals surface area contributed by atoms with Crippen molar-refractivity contribution in [3.05, 3.63) is 42.3 Å². The van der Waals surface area contributed by atoms with E-state index in [1.54, 1.807) is 6.92 Å². The normalized spacial score (nSPS) is 12.8. The van der Waals surface area contributed by atoms with Gasteiger partial charge < -0.3 is 5.11 Å². The molecule has 1 nitrogen and oxygen atoms in total. The Labute approximate surface area is 74.1 Å². The number of rotatable bonds is 4. The number of aryl methyl sites for hydroxylation is 1. The molecule has 65 valence electrons. The molecule has 0 aliphatic rings. The highest BCUT2D eigenvalue weighted by atomic mass is 16.3. The van der Waals surface area contributed by atoms with Gasteiger partial charge in [-0.3, -0.25) is 0 Å². The highest BCUT2D eigenvalue weighted by molar-refractivity contribution is 5.14. The van der Waals surface area contributed by atoms with Gasteiger partial charge in [0, 0.05) is 0 Å². The van der Waals surface area contributed by atoms with Crippen LogP contribution >= 0.6 is 0 Å². The summed E-state index contributed by atoms with van der Waals surface area (Å²) in [6.07, 6.45) is 3.61. The molecule has 0 amide bonds. The number of aliphatic hydroxyl groups is 1. The minimum Gasteiger partial charge on any atom is -0.393 e. The average Bonchev–Trinajstić information content (AvgIpc) is 2.05. The summed E-state index contributed by atoms with van der Waals surface area (Å²) in [5.41, 5.74) is 1.33. The van der Waals surface area contributed by atoms with Gasteiger partial charge in [-0.25, -0.2) is 0 Å². The van der Waals surface area contributed by atoms with Gasteiger partial charge in [0.1, 0.15) is 0 Å². The van der Waals surface area contributed by atoms with E-state index in [-0.39, 0.29) is 6.10 Å². The van der Waals surface area contributed by atoms with E-state index in [0.29, 0.717) is 0 Å². The Kier molecular flexibility index (Phi) is 3.81. The van der Waals surface area contributed by atoms with Gasteiger partial charge in [0.2, 0.25) is 0 Å². The molecule has 1 atom stereocenters. The first-order valence-electron chi connectivity index (χ1n) is 4.34. The van der Waals surface area contributed by atoms with Crippen LogP contribution in [0.2, 0.25) is 0 Å². The van der Waals surface area contributed by atoms with Crippen molar-refractivity contribution < 1.29 is 5.11 Å². The van der Waals surface area contributed by atoms with Gasteiger partial charge in [0.05, 0.1) is 6.10 Å². The van der Waals surface area contributed by atoms with E-state index in [1.165, 1.54) is 5.56 Å². The summed E-state index contributed by atoms with van der Waals surface area (Å²) in [5, 5.41) is 8.97. The number of hydrogen-bond acceptors (Lipinski definition) is 1. The molecule has 1 aromatic carbocycles. The van der Waals surface area contributed by atoms with E-state index in [4.69, 9.17) is 5.11 Å². The highest BCUT2D eigenvalue weighted by Crippen LogP contribution is 2.04. The third-order valence-corrected chi connectivity index (χ3v) is 1.78. The lowest BCUT2D eigenvalue weighted by Gasteiger charge is -2.02. The van der Waals surface area contributed by atoms with Crippen LogP contribution in [-0.4, -0.2) is 11.2 Å². The Balaban J connectivity index is 2.25. The molecule has 12 heavy (non-hydrogen) atoms. The second-order valence-electron chi connectivity index (χ2n) is 3.00. The van der Waals surface area contributed by atoms with Crippen molar-refractivity contribution in [3.8, 4) is 0 Å². The SMILES string of the molecule is CC(O)[CH]CCc1ccccc1. The van der Waals surface area contributed by atoms with E-state index in [1.807, 2.05) is 24.6 Å². The van der Waals surface area contributed by atoms with Crippen LogP contribution in [0, 0.1) is 6.42 Å². The fourth-order valence-electron chi connectivity index (χ4n) is 1.14. The quantitative estimate of drug-likeness (QED) is 0.721. The lowest BCUT2D eigenvalue weighted by Crippen LogP contribution is -2.00. The molecule has 1 heteroatoms. The lowest BCUT2D eigenvalue weighted by molar-refractivity contribution is 0.223. The summed E-state index contributed by atoms with van der Waals surface area (Å²) in [7, 11) is 0. The van der Waals surface area contributed by atoms with Crippen LogP contribution in [0.4, 0.5) is 0 Å². The molecule has 0 spiro atoms. The molecule has 0 aromatic heterocycles. The van der Waals surface area contributed by atoms with Crippen LogP contribution in [0.1, 0.15) is 18.9 Å². The molecule has 1 rings (SSSR count). The zero-order chi connectivity index (χ0) is 8.81. The summed E-state index contributed by atoms with van der Waals surface area (Å²) in [5.74, 6) is 0. The molecule has 0 aliphatic carbocycles. The van der Waals surface area contributed by atoms with Crippen LogP contribution in [0.15, 0.2) is 30.3 Å². The average molecular weight is 163 g/mol. The van der Waals surface area contributed by atoms with E-state index in [0.717, 1.165) is 12.8 Å². The van der Waals surface area contributed by atoms with Gasteiger partial charge in [0.25, 0.3) is 0 Å². The van der Waals surface area contributed by atoms with Crippen LogP contribution < -0.4 is 0 Å². The van der Waals surface area contributed by atoms with Crippen molar-refractivity contribution in [3.63, 3.8) is 0 Å². The predicted octanol–water partition coefficient (Wildman–Crippen LogP) is 2.20. The molecule has 0 fully saturated rings. The van der Waals surface area contributed by atoms with Crippen molar-refractivity contribution in [2.75, 3.05) is 0 Å². The Morgan fingerprint density at radius 1 is 1.33 bits per heavy atom. The first-order valence-corrected chi connectivity index (χ1v) is 4.34. The fourth-order valence-corrected chi connectivity index (χ4v) is 1.14. The Morgan fingerprint density at radius 2 is 2.00 bits per heavy atom. The van der Waals surface area contributed by atoms with Crippen molar-refractivity contribution in [2.45, 2.75) is 25.9 Å². The van der Waals surface area contributed by atoms with E-state index >= 15 is 0 Å². The fraction of sp³-hybridized carbons (Fsp3) is 0.364. The topological polar surface area (TPSA) is 20.2 Å². The van der Waals surface area contributed by atoms with Crippen LogP contribution in [0.25, 0.3) is 0 Å². The lowest BCUT2D eigenvalue weighted by atomic mass is 10.1. The van der Waals surface area contributed by atoms with Crippen molar-refractivity contribution in [2.24, 2.45) is 0 Å². The van der Waals surface area contributed by atoms with Crippen LogP contribution in [-0.2, 0) is 6.42 Å². The van der Waals surface area contributed by atoms with E-state index in [9.17, 15) is 0 Å². The zero-order valence-electron chi connectivity index (χ0n) is 7.40. The molecule has 0 heterocycles. The predicted molar refractivity (Wildman–Crippen MR) is 50.7 cm³/mol. The summed E-state index contributed by atoms with van der Waals surface area (Å²) in [4.78, 5) is 0. The van der Waals surface area contributed by atoms with Crippen molar-refractivity contribution in [1.29, 1.82) is 0 Å². The van der Waals surface area contributed by atoms with E-state index < -0.39 is 0 Å². The highest BCUT2D eigenvalue weighted by Gasteiger charge is 1.96. The second kappa shape index (κ2) is 4.94. The minimum atomic E-state index is -0.284. The molecule has 0 saturated heterocycles. The van der Waals surface area contributed by atoms with Gasteiger partial charge in [-0.05, 0) is 31.7 Å². The smallest absolute Gasteiger partial charge is 0.0544 e. The van der Waals surface area contributed by atoms with Gasteiger partial charge in [0.15, 0.2) is 0 Å². The van der Waals surface area contributed by atoms with Gasteiger partial charge in [-0.1, -0.05) is 30.3 Å². The van der Waals surface area contributed by atoms with Crippen LogP contribution in [0.3, 0.4) is 0 Å². The number of benzene rings is 1. The summed E-state index contributed by atoms with van der Waals surface area (Å²) >= 11 is 0.